The molecule has 0 saturated heterocycles. The average Bonchev–Trinajstić information content (AvgIpc) is 3.30. The van der Waals surface area contributed by atoms with Gasteiger partial charge in [-0.1, -0.05) is 29.8 Å². The van der Waals surface area contributed by atoms with Crippen LogP contribution in [0.2, 0.25) is 0 Å². The fraction of sp³-hybridized carbons (Fsp3) is 0.500. The molecule has 1 fully saturated rings. The molecule has 1 atom stereocenters. The second-order valence-corrected chi connectivity index (χ2v) is 7.06. The van der Waals surface area contributed by atoms with Crippen LogP contribution in [0, 0.1) is 5.92 Å². The third-order valence-corrected chi connectivity index (χ3v) is 4.13. The Morgan fingerprint density at radius 1 is 1.24 bits per heavy atom. The predicted molar refractivity (Wildman–Crippen MR) is 110 cm³/mol. The fourth-order valence-electron chi connectivity index (χ4n) is 1.98. The molecule has 0 unspecified atom stereocenters. The van der Waals surface area contributed by atoms with Gasteiger partial charge in [-0.05, 0) is 37.0 Å². The van der Waals surface area contributed by atoms with Gasteiger partial charge in [-0.25, -0.2) is 0 Å². The van der Waals surface area contributed by atoms with Crippen molar-refractivity contribution < 1.29 is 9.59 Å². The van der Waals surface area contributed by atoms with E-state index in [1.165, 1.54) is 0 Å². The van der Waals surface area contributed by atoms with Gasteiger partial charge in [0.2, 0.25) is 11.8 Å². The number of anilines is 2. The van der Waals surface area contributed by atoms with Gasteiger partial charge in [-0.2, -0.15) is 0 Å². The van der Waals surface area contributed by atoms with E-state index < -0.39 is 6.04 Å². The van der Waals surface area contributed by atoms with Gasteiger partial charge in [-0.3, -0.25) is 9.59 Å². The number of nitrogens with two attached hydrogens (primary N) is 1. The average molecular weight is 456 g/mol. The van der Waals surface area contributed by atoms with Crippen molar-refractivity contribution in [2.24, 2.45) is 11.7 Å². The van der Waals surface area contributed by atoms with E-state index in [-0.39, 0.29) is 49.1 Å². The van der Waals surface area contributed by atoms with Crippen molar-refractivity contribution in [1.82, 2.24) is 5.32 Å². The van der Waals surface area contributed by atoms with E-state index in [9.17, 15) is 9.59 Å². The maximum absolute atomic E-state index is 12.1. The van der Waals surface area contributed by atoms with E-state index in [1.54, 1.807) is 0 Å². The number of hydrogen-bond donors (Lipinski definition) is 4. The summed E-state index contributed by atoms with van der Waals surface area (Å²) in [6, 6.07) is 5.55. The molecular weight excluding hydrogens is 431 g/mol. The number of amides is 2. The molecule has 5 N–H and O–H groups in total. The van der Waals surface area contributed by atoms with Crippen LogP contribution < -0.4 is 21.7 Å². The zero-order valence-corrected chi connectivity index (χ0v) is 17.4. The van der Waals surface area contributed by atoms with E-state index in [0.29, 0.717) is 11.7 Å². The highest BCUT2D eigenvalue weighted by Gasteiger charge is 2.22. The summed E-state index contributed by atoms with van der Waals surface area (Å²) in [5.74, 6) is -0.579. The highest BCUT2D eigenvalue weighted by molar-refractivity contribution is 9.10. The molecule has 2 rings (SSSR count). The van der Waals surface area contributed by atoms with Crippen LogP contribution in [-0.2, 0) is 9.59 Å². The van der Waals surface area contributed by atoms with Crippen LogP contribution in [0.25, 0.3) is 0 Å². The fourth-order valence-corrected chi connectivity index (χ4v) is 2.34. The van der Waals surface area contributed by atoms with Crippen molar-refractivity contribution in [2.75, 3.05) is 17.2 Å². The standard InChI is InChI=1S/C16H23BrN4O2.2ClH/c1-9(2)15(18)16(23)19-8-14(22)21-13-7-10(17)3-6-12(13)20-11-4-5-11;;/h3,6-7,9,11,15,20H,4-5,8,18H2,1-2H3,(H,19,23)(H,21,22);2*1H/t15-;;/m0../s1. The molecule has 1 aliphatic rings. The first kappa shape index (κ1) is 24.0. The molecule has 0 heterocycles. The molecule has 0 bridgehead atoms. The molecule has 142 valence electrons. The van der Waals surface area contributed by atoms with Crippen molar-refractivity contribution >= 4 is 63.9 Å². The third-order valence-electron chi connectivity index (χ3n) is 3.64. The van der Waals surface area contributed by atoms with E-state index in [1.807, 2.05) is 32.0 Å². The minimum atomic E-state index is -0.610. The summed E-state index contributed by atoms with van der Waals surface area (Å²) in [7, 11) is 0. The van der Waals surface area contributed by atoms with E-state index in [0.717, 1.165) is 23.0 Å². The summed E-state index contributed by atoms with van der Waals surface area (Å²) in [5, 5.41) is 8.76. The van der Waals surface area contributed by atoms with Gasteiger partial charge >= 0.3 is 0 Å². The van der Waals surface area contributed by atoms with Crippen molar-refractivity contribution in [3.05, 3.63) is 22.7 Å². The van der Waals surface area contributed by atoms with E-state index >= 15 is 0 Å². The number of rotatable bonds is 7. The summed E-state index contributed by atoms with van der Waals surface area (Å²) in [6.07, 6.45) is 2.29. The van der Waals surface area contributed by atoms with Crippen LogP contribution in [-0.4, -0.2) is 30.4 Å². The normalized spacial score (nSPS) is 14.0. The Bertz CT molecular complexity index is 597. The minimum Gasteiger partial charge on any atom is -0.381 e. The van der Waals surface area contributed by atoms with Crippen molar-refractivity contribution in [1.29, 1.82) is 0 Å². The van der Waals surface area contributed by atoms with Gasteiger partial charge in [0.15, 0.2) is 0 Å². The van der Waals surface area contributed by atoms with Crippen LogP contribution in [0.5, 0.6) is 0 Å². The SMILES string of the molecule is CC(C)[C@H](N)C(=O)NCC(=O)Nc1cc(Br)ccc1NC1CC1.Cl.Cl. The summed E-state index contributed by atoms with van der Waals surface area (Å²) in [4.78, 5) is 23.8. The Morgan fingerprint density at radius 2 is 1.88 bits per heavy atom. The number of carbonyl (C=O) groups is 2. The summed E-state index contributed by atoms with van der Waals surface area (Å²) in [5.41, 5.74) is 7.32. The van der Waals surface area contributed by atoms with Gasteiger partial charge < -0.3 is 21.7 Å². The Kier molecular flexibility index (Phi) is 10.4. The molecule has 1 aromatic rings. The molecule has 2 amide bonds. The molecule has 1 aliphatic carbocycles. The highest BCUT2D eigenvalue weighted by atomic mass is 79.9. The lowest BCUT2D eigenvalue weighted by Crippen LogP contribution is -2.46. The number of benzene rings is 1. The molecule has 1 saturated carbocycles. The third kappa shape index (κ3) is 7.81. The summed E-state index contributed by atoms with van der Waals surface area (Å²) < 4.78 is 0.875. The molecule has 6 nitrogen and oxygen atoms in total. The largest absolute Gasteiger partial charge is 0.381 e. The highest BCUT2D eigenvalue weighted by Crippen LogP contribution is 2.31. The number of halogens is 3. The molecule has 1 aromatic carbocycles. The van der Waals surface area contributed by atoms with Crippen LogP contribution in [0.1, 0.15) is 26.7 Å². The van der Waals surface area contributed by atoms with Gasteiger partial charge in [0.05, 0.1) is 24.0 Å². The Labute approximate surface area is 169 Å². The Balaban J connectivity index is 0.00000288. The quantitative estimate of drug-likeness (QED) is 0.508. The van der Waals surface area contributed by atoms with Gasteiger partial charge in [-0.15, -0.1) is 24.8 Å². The minimum absolute atomic E-state index is 0. The van der Waals surface area contributed by atoms with Gasteiger partial charge in [0, 0.05) is 10.5 Å². The summed E-state index contributed by atoms with van der Waals surface area (Å²) in [6.45, 7) is 3.62. The first-order valence-electron chi connectivity index (χ1n) is 7.76. The Hall–Kier alpha value is -1.02. The van der Waals surface area contributed by atoms with Crippen LogP contribution in [0.15, 0.2) is 22.7 Å². The molecular formula is C16H25BrCl2N4O2. The number of nitrogens with one attached hydrogen (secondary N) is 3. The van der Waals surface area contributed by atoms with Crippen LogP contribution in [0.4, 0.5) is 11.4 Å². The first-order valence-corrected chi connectivity index (χ1v) is 8.55. The van der Waals surface area contributed by atoms with E-state index in [2.05, 4.69) is 31.9 Å². The zero-order valence-electron chi connectivity index (χ0n) is 14.2. The topological polar surface area (TPSA) is 96.2 Å². The lowest BCUT2D eigenvalue weighted by molar-refractivity contribution is -0.125. The first-order chi connectivity index (χ1) is 10.9. The maximum atomic E-state index is 12.1. The van der Waals surface area contributed by atoms with Crippen LogP contribution >= 0.6 is 40.7 Å². The maximum Gasteiger partial charge on any atom is 0.243 e. The number of carbonyl (C=O) groups excluding carboxylic acids is 2. The molecule has 0 aromatic heterocycles. The van der Waals surface area contributed by atoms with Crippen molar-refractivity contribution in [3.8, 4) is 0 Å². The smallest absolute Gasteiger partial charge is 0.243 e. The monoisotopic (exact) mass is 454 g/mol. The zero-order chi connectivity index (χ0) is 17.0. The molecule has 0 spiro atoms. The Morgan fingerprint density at radius 3 is 2.44 bits per heavy atom. The second kappa shape index (κ2) is 10.9. The lowest BCUT2D eigenvalue weighted by atomic mass is 10.1. The molecule has 0 aliphatic heterocycles. The van der Waals surface area contributed by atoms with Gasteiger partial charge in [0.25, 0.3) is 0 Å². The predicted octanol–water partition coefficient (Wildman–Crippen LogP) is 2.91. The van der Waals surface area contributed by atoms with Crippen molar-refractivity contribution in [3.63, 3.8) is 0 Å². The van der Waals surface area contributed by atoms with Crippen molar-refractivity contribution in [2.45, 2.75) is 38.8 Å². The van der Waals surface area contributed by atoms with Gasteiger partial charge in [0.1, 0.15) is 0 Å². The van der Waals surface area contributed by atoms with Crippen LogP contribution in [0.3, 0.4) is 0 Å². The molecule has 0 radical (unpaired) electrons. The summed E-state index contributed by atoms with van der Waals surface area (Å²) >= 11 is 3.40. The van der Waals surface area contributed by atoms with E-state index in [4.69, 9.17) is 5.73 Å². The molecule has 9 heteroatoms. The molecule has 25 heavy (non-hydrogen) atoms. The lowest BCUT2D eigenvalue weighted by Gasteiger charge is -2.16. The second-order valence-electron chi connectivity index (χ2n) is 6.14. The number of hydrogen-bond acceptors (Lipinski definition) is 4.